The summed E-state index contributed by atoms with van der Waals surface area (Å²) < 4.78 is 11.1. The van der Waals surface area contributed by atoms with Crippen molar-refractivity contribution in [3.63, 3.8) is 0 Å². The maximum atomic E-state index is 12.7. The van der Waals surface area contributed by atoms with Crippen molar-refractivity contribution in [2.24, 2.45) is 28.6 Å². The molecule has 194 valence electrons. The Kier molecular flexibility index (Phi) is 5.48. The zero-order chi connectivity index (χ0) is 25.3. The standard InChI is InChI=1S/C30H38O6/c1-27-12-8-21(36-26(32)19-6-4-3-5-7-19)17-29(27,33)14-10-24-23(27)9-13-28(2)22(11-15-30(24,28)34)20-16-25(31)35-18-20/h3-7,16,21-24,33-34H,8-15,17-18H2,1-2H3/t21-,22+,23-,24+,27+,28+,29-,30-/m0/s1. The van der Waals surface area contributed by atoms with Crippen molar-refractivity contribution < 1.29 is 29.3 Å². The number of cyclic esters (lactones) is 1. The van der Waals surface area contributed by atoms with E-state index in [4.69, 9.17) is 9.47 Å². The average molecular weight is 495 g/mol. The summed E-state index contributed by atoms with van der Waals surface area (Å²) >= 11 is 0. The largest absolute Gasteiger partial charge is 0.459 e. The van der Waals surface area contributed by atoms with Crippen LogP contribution >= 0.6 is 0 Å². The summed E-state index contributed by atoms with van der Waals surface area (Å²) in [5.41, 5.74) is -0.765. The molecule has 0 bridgehead atoms. The van der Waals surface area contributed by atoms with Crippen molar-refractivity contribution in [2.45, 2.75) is 88.9 Å². The van der Waals surface area contributed by atoms with E-state index < -0.39 is 11.2 Å². The number of ether oxygens (including phenoxy) is 2. The van der Waals surface area contributed by atoms with Crippen LogP contribution in [-0.4, -0.2) is 46.1 Å². The molecule has 0 unspecified atom stereocenters. The molecule has 1 heterocycles. The molecule has 0 radical (unpaired) electrons. The van der Waals surface area contributed by atoms with Crippen LogP contribution in [0.15, 0.2) is 42.0 Å². The van der Waals surface area contributed by atoms with E-state index in [1.54, 1.807) is 18.2 Å². The third-order valence-electron chi connectivity index (χ3n) is 11.4. The molecule has 6 nitrogen and oxygen atoms in total. The average Bonchev–Trinajstić information content (AvgIpc) is 3.40. The molecule has 0 spiro atoms. The molecule has 5 aliphatic rings. The lowest BCUT2D eigenvalue weighted by atomic mass is 9.42. The maximum Gasteiger partial charge on any atom is 0.338 e. The Bertz CT molecular complexity index is 1100. The zero-order valence-electron chi connectivity index (χ0n) is 21.4. The van der Waals surface area contributed by atoms with E-state index in [2.05, 4.69) is 13.8 Å². The van der Waals surface area contributed by atoms with Gasteiger partial charge in [-0.2, -0.15) is 0 Å². The molecule has 4 saturated carbocycles. The summed E-state index contributed by atoms with van der Waals surface area (Å²) in [4.78, 5) is 24.4. The molecule has 0 amide bonds. The maximum absolute atomic E-state index is 12.7. The molecule has 1 aliphatic heterocycles. The van der Waals surface area contributed by atoms with E-state index in [1.165, 1.54) is 0 Å². The molecule has 1 aromatic rings. The predicted octanol–water partition coefficient (Wildman–Crippen LogP) is 4.58. The second kappa shape index (κ2) is 8.16. The fourth-order valence-corrected chi connectivity index (χ4v) is 9.26. The third-order valence-corrected chi connectivity index (χ3v) is 11.4. The van der Waals surface area contributed by atoms with E-state index in [0.29, 0.717) is 25.0 Å². The SMILES string of the molecule is C[C@]12CC[C@H](OC(=O)c3ccccc3)C[C@@]1(O)CC[C@@H]1[C@@H]2CC[C@]2(C)[C@@H](C3=CC(=O)OC3)CC[C@]12O. The molecule has 1 aromatic carbocycles. The molecule has 4 fully saturated rings. The second-order valence-electron chi connectivity index (χ2n) is 12.6. The van der Waals surface area contributed by atoms with Crippen LogP contribution in [0.25, 0.3) is 0 Å². The van der Waals surface area contributed by atoms with Crippen LogP contribution in [-0.2, 0) is 14.3 Å². The molecule has 0 saturated heterocycles. The van der Waals surface area contributed by atoms with Crippen molar-refractivity contribution >= 4 is 11.9 Å². The first-order valence-corrected chi connectivity index (χ1v) is 13.7. The third kappa shape index (κ3) is 3.29. The van der Waals surface area contributed by atoms with Gasteiger partial charge in [0.15, 0.2) is 0 Å². The van der Waals surface area contributed by atoms with E-state index in [-0.39, 0.29) is 46.6 Å². The fraction of sp³-hybridized carbons (Fsp3) is 0.667. The Labute approximate surface area is 213 Å². The Morgan fingerprint density at radius 1 is 0.944 bits per heavy atom. The molecule has 6 rings (SSSR count). The van der Waals surface area contributed by atoms with Gasteiger partial charge in [-0.05, 0) is 92.2 Å². The van der Waals surface area contributed by atoms with Crippen LogP contribution in [0, 0.1) is 28.6 Å². The number of rotatable bonds is 3. The van der Waals surface area contributed by atoms with Gasteiger partial charge in [-0.1, -0.05) is 32.0 Å². The summed E-state index contributed by atoms with van der Waals surface area (Å²) in [6.45, 7) is 4.78. The lowest BCUT2D eigenvalue weighted by Crippen LogP contribution is -2.67. The highest BCUT2D eigenvalue weighted by Gasteiger charge is 2.70. The highest BCUT2D eigenvalue weighted by Crippen LogP contribution is 2.70. The fourth-order valence-electron chi connectivity index (χ4n) is 9.26. The van der Waals surface area contributed by atoms with Crippen molar-refractivity contribution in [3.05, 3.63) is 47.5 Å². The molecular formula is C30H38O6. The highest BCUT2D eigenvalue weighted by atomic mass is 16.5. The van der Waals surface area contributed by atoms with Gasteiger partial charge in [0.25, 0.3) is 0 Å². The summed E-state index contributed by atoms with van der Waals surface area (Å²) in [5.74, 6) is -0.0953. The molecule has 2 N–H and O–H groups in total. The second-order valence-corrected chi connectivity index (χ2v) is 12.6. The lowest BCUT2D eigenvalue weighted by molar-refractivity contribution is -0.254. The first-order chi connectivity index (χ1) is 17.1. The summed E-state index contributed by atoms with van der Waals surface area (Å²) in [6.07, 6.45) is 8.11. The van der Waals surface area contributed by atoms with Gasteiger partial charge in [0.1, 0.15) is 12.7 Å². The zero-order valence-corrected chi connectivity index (χ0v) is 21.4. The van der Waals surface area contributed by atoms with E-state index in [1.807, 2.05) is 18.2 Å². The van der Waals surface area contributed by atoms with Crippen molar-refractivity contribution in [1.82, 2.24) is 0 Å². The molecular weight excluding hydrogens is 456 g/mol. The number of hydrogen-bond acceptors (Lipinski definition) is 6. The van der Waals surface area contributed by atoms with Gasteiger partial charge in [0.05, 0.1) is 16.8 Å². The summed E-state index contributed by atoms with van der Waals surface area (Å²) in [5, 5.41) is 24.4. The molecule has 6 heteroatoms. The Morgan fingerprint density at radius 2 is 1.67 bits per heavy atom. The number of hydrogen-bond donors (Lipinski definition) is 2. The Morgan fingerprint density at radius 3 is 2.39 bits per heavy atom. The minimum atomic E-state index is -0.912. The normalized spacial score (nSPS) is 45.7. The van der Waals surface area contributed by atoms with Crippen molar-refractivity contribution in [3.8, 4) is 0 Å². The van der Waals surface area contributed by atoms with Crippen LogP contribution in [0.2, 0.25) is 0 Å². The van der Waals surface area contributed by atoms with E-state index >= 15 is 0 Å². The van der Waals surface area contributed by atoms with Crippen LogP contribution < -0.4 is 0 Å². The molecule has 0 aromatic heterocycles. The number of fused-ring (bicyclic) bond motifs is 5. The number of benzene rings is 1. The molecule has 36 heavy (non-hydrogen) atoms. The van der Waals surface area contributed by atoms with Gasteiger partial charge in [0, 0.05) is 17.9 Å². The van der Waals surface area contributed by atoms with Crippen LogP contribution in [0.5, 0.6) is 0 Å². The number of aliphatic hydroxyl groups is 2. The van der Waals surface area contributed by atoms with Crippen molar-refractivity contribution in [1.29, 1.82) is 0 Å². The minimum absolute atomic E-state index is 0.119. The van der Waals surface area contributed by atoms with Crippen LogP contribution in [0.4, 0.5) is 0 Å². The van der Waals surface area contributed by atoms with E-state index in [9.17, 15) is 19.8 Å². The number of esters is 2. The topological polar surface area (TPSA) is 93.1 Å². The van der Waals surface area contributed by atoms with Gasteiger partial charge in [-0.25, -0.2) is 9.59 Å². The number of carbonyl (C=O) groups excluding carboxylic acids is 2. The number of carbonyl (C=O) groups is 2. The first-order valence-electron chi connectivity index (χ1n) is 13.7. The van der Waals surface area contributed by atoms with Gasteiger partial charge in [-0.3, -0.25) is 0 Å². The molecule has 8 atom stereocenters. The highest BCUT2D eigenvalue weighted by molar-refractivity contribution is 5.89. The minimum Gasteiger partial charge on any atom is -0.459 e. The van der Waals surface area contributed by atoms with Gasteiger partial charge >= 0.3 is 11.9 Å². The van der Waals surface area contributed by atoms with E-state index in [0.717, 1.165) is 50.5 Å². The Hall–Kier alpha value is -2.18. The Balaban J connectivity index is 1.22. The molecule has 4 aliphatic carbocycles. The van der Waals surface area contributed by atoms with Gasteiger partial charge < -0.3 is 19.7 Å². The summed E-state index contributed by atoms with van der Waals surface area (Å²) in [6, 6.07) is 9.04. The van der Waals surface area contributed by atoms with Crippen LogP contribution in [0.3, 0.4) is 0 Å². The predicted molar refractivity (Wildman–Crippen MR) is 133 cm³/mol. The van der Waals surface area contributed by atoms with Crippen LogP contribution in [0.1, 0.15) is 82.0 Å². The quantitative estimate of drug-likeness (QED) is 0.598. The monoisotopic (exact) mass is 494 g/mol. The first kappa shape index (κ1) is 24.2. The van der Waals surface area contributed by atoms with Gasteiger partial charge in [-0.15, -0.1) is 0 Å². The van der Waals surface area contributed by atoms with Crippen molar-refractivity contribution in [2.75, 3.05) is 6.61 Å². The lowest BCUT2D eigenvalue weighted by Gasteiger charge is -2.66. The summed E-state index contributed by atoms with van der Waals surface area (Å²) in [7, 11) is 0. The smallest absolute Gasteiger partial charge is 0.338 e. The van der Waals surface area contributed by atoms with Gasteiger partial charge in [0.2, 0.25) is 0 Å².